The fourth-order valence-corrected chi connectivity index (χ4v) is 9.78. The van der Waals surface area contributed by atoms with Crippen LogP contribution < -0.4 is 15.1 Å². The van der Waals surface area contributed by atoms with Crippen molar-refractivity contribution in [2.75, 3.05) is 62.2 Å². The van der Waals surface area contributed by atoms with E-state index in [1.165, 1.54) is 0 Å². The van der Waals surface area contributed by atoms with Gasteiger partial charge in [0.1, 0.15) is 12.1 Å². The van der Waals surface area contributed by atoms with Crippen molar-refractivity contribution in [1.82, 2.24) is 20.0 Å². The van der Waals surface area contributed by atoms with Crippen LogP contribution in [0.1, 0.15) is 87.1 Å². The van der Waals surface area contributed by atoms with Crippen molar-refractivity contribution in [3.63, 3.8) is 0 Å². The first-order valence-corrected chi connectivity index (χ1v) is 20.7. The van der Waals surface area contributed by atoms with E-state index >= 15 is 0 Å². The number of fused-ring (bicyclic) bond motifs is 1. The van der Waals surface area contributed by atoms with Gasteiger partial charge in [-0.15, -0.1) is 0 Å². The van der Waals surface area contributed by atoms with E-state index in [4.69, 9.17) is 11.6 Å². The molecule has 296 valence electrons. The lowest BCUT2D eigenvalue weighted by molar-refractivity contribution is -0.136. The molecule has 3 aromatic carbocycles. The normalized spacial score (nSPS) is 22.4. The molecule has 12 nitrogen and oxygen atoms in total. The lowest BCUT2D eigenvalue weighted by Gasteiger charge is -2.48. The number of carbonyl (C=O) groups is 5. The van der Waals surface area contributed by atoms with Crippen LogP contribution in [0.3, 0.4) is 0 Å². The smallest absolute Gasteiger partial charge is 0.262 e. The van der Waals surface area contributed by atoms with E-state index in [2.05, 4.69) is 37.9 Å². The third-order valence-corrected chi connectivity index (χ3v) is 13.5. The topological polar surface area (TPSA) is 137 Å². The number of likely N-dealkylation sites (tertiary alicyclic amines) is 2. The minimum atomic E-state index is -0.972. The van der Waals surface area contributed by atoms with Crippen LogP contribution in [0.4, 0.5) is 11.4 Å². The number of imide groups is 2. The lowest BCUT2D eigenvalue weighted by atomic mass is 9.77. The van der Waals surface area contributed by atoms with Gasteiger partial charge in [0.05, 0.1) is 21.7 Å². The third-order valence-electron chi connectivity index (χ3n) is 13.2. The van der Waals surface area contributed by atoms with Crippen LogP contribution in [-0.2, 0) is 9.59 Å². The molecule has 0 radical (unpaired) electrons. The molecule has 5 amide bonds. The number of anilines is 2. The Balaban J connectivity index is 0.720. The van der Waals surface area contributed by atoms with Crippen molar-refractivity contribution in [2.45, 2.75) is 57.0 Å². The van der Waals surface area contributed by atoms with Crippen LogP contribution in [0.15, 0.2) is 60.7 Å². The number of nitrogens with zero attached hydrogens (tertiary/aromatic N) is 6. The number of nitriles is 1. The van der Waals surface area contributed by atoms with Crippen molar-refractivity contribution in [3.8, 4) is 17.9 Å². The molecule has 9 rings (SSSR count). The minimum Gasteiger partial charge on any atom is -0.371 e. The quantitative estimate of drug-likeness (QED) is 0.288. The molecule has 0 aliphatic carbocycles. The van der Waals surface area contributed by atoms with Gasteiger partial charge in [-0.25, -0.2) is 0 Å². The molecule has 6 heterocycles. The Bertz CT molecular complexity index is 2310. The molecule has 0 bridgehead atoms. The summed E-state index contributed by atoms with van der Waals surface area (Å²) in [6, 6.07) is 20.2. The molecule has 13 heteroatoms. The molecule has 0 saturated carbocycles. The van der Waals surface area contributed by atoms with Crippen molar-refractivity contribution >= 4 is 52.5 Å². The highest BCUT2D eigenvalue weighted by Crippen LogP contribution is 2.43. The summed E-state index contributed by atoms with van der Waals surface area (Å²) in [4.78, 5) is 73.9. The Labute approximate surface area is 342 Å². The first kappa shape index (κ1) is 37.9. The average Bonchev–Trinajstić information content (AvgIpc) is 3.74. The summed E-state index contributed by atoms with van der Waals surface area (Å²) in [5, 5.41) is 11.9. The number of benzene rings is 3. The SMILES string of the molecule is N#Cc1ccc(N2CCC3(CCN(C(=O)c4ccc(C#CC5CCN(C6CN(c7ccc8c(c7)C(=O)N(C7CCC(=O)NC7=O)C8=O)C6)CC5)cc4)CC3)C2)cc1Cl. The molecule has 0 aromatic heterocycles. The molecule has 5 fully saturated rings. The maximum Gasteiger partial charge on any atom is 0.262 e. The van der Waals surface area contributed by atoms with Gasteiger partial charge in [-0.1, -0.05) is 23.4 Å². The van der Waals surface area contributed by atoms with Gasteiger partial charge >= 0.3 is 0 Å². The van der Waals surface area contributed by atoms with Gasteiger partial charge in [0.2, 0.25) is 11.8 Å². The van der Waals surface area contributed by atoms with Crippen molar-refractivity contribution < 1.29 is 24.0 Å². The predicted octanol–water partition coefficient (Wildman–Crippen LogP) is 4.70. The van der Waals surface area contributed by atoms with Crippen molar-refractivity contribution in [2.24, 2.45) is 11.3 Å². The van der Waals surface area contributed by atoms with Gasteiger partial charge in [0, 0.05) is 80.2 Å². The highest BCUT2D eigenvalue weighted by Gasteiger charge is 2.46. The second-order valence-corrected chi connectivity index (χ2v) is 17.0. The minimum absolute atomic E-state index is 0.0706. The van der Waals surface area contributed by atoms with E-state index < -0.39 is 29.7 Å². The third kappa shape index (κ3) is 7.09. The number of hydrogen-bond acceptors (Lipinski definition) is 9. The van der Waals surface area contributed by atoms with Crippen molar-refractivity contribution in [3.05, 3.63) is 93.5 Å². The second kappa shape index (κ2) is 15.2. The van der Waals surface area contributed by atoms with Gasteiger partial charge in [-0.05, 0) is 118 Å². The summed E-state index contributed by atoms with van der Waals surface area (Å²) in [5.74, 6) is 5.23. The van der Waals surface area contributed by atoms with E-state index in [0.29, 0.717) is 39.2 Å². The molecule has 58 heavy (non-hydrogen) atoms. The van der Waals surface area contributed by atoms with E-state index in [9.17, 15) is 29.2 Å². The molecule has 1 N–H and O–H groups in total. The van der Waals surface area contributed by atoms with Gasteiger partial charge in [-0.2, -0.15) is 5.26 Å². The molecule has 1 atom stereocenters. The number of amides is 5. The first-order chi connectivity index (χ1) is 28.1. The van der Waals surface area contributed by atoms with E-state index in [0.717, 1.165) is 106 Å². The highest BCUT2D eigenvalue weighted by molar-refractivity contribution is 6.32. The Morgan fingerprint density at radius 2 is 1.48 bits per heavy atom. The van der Waals surface area contributed by atoms with Gasteiger partial charge < -0.3 is 14.7 Å². The van der Waals surface area contributed by atoms with Crippen LogP contribution >= 0.6 is 11.6 Å². The Morgan fingerprint density at radius 3 is 2.19 bits per heavy atom. The zero-order chi connectivity index (χ0) is 40.1. The average molecular weight is 798 g/mol. The van der Waals surface area contributed by atoms with Crippen LogP contribution in [0.25, 0.3) is 0 Å². The molecule has 1 spiro atoms. The Kier molecular flexibility index (Phi) is 9.95. The van der Waals surface area contributed by atoms with Crippen LogP contribution in [0.2, 0.25) is 5.02 Å². The van der Waals surface area contributed by atoms with E-state index in [1.54, 1.807) is 18.2 Å². The standard InChI is InChI=1S/C45H44ClN7O5/c46-38-24-34(8-7-32(38)25-47)51-22-17-45(28-51)15-20-50(21-16-45)42(56)31-5-3-29(4-6-31)1-2-30-13-18-49(19-14-30)35-26-52(27-35)33-9-10-36-37(23-33)44(58)53(43(36)57)39-11-12-40(54)48-41(39)55/h3-10,23-24,30,35,39H,11-22,26-28H2,(H,48,54,55). The fourth-order valence-electron chi connectivity index (χ4n) is 9.56. The Morgan fingerprint density at radius 1 is 0.793 bits per heavy atom. The second-order valence-electron chi connectivity index (χ2n) is 16.6. The maximum absolute atomic E-state index is 13.5. The summed E-state index contributed by atoms with van der Waals surface area (Å²) in [7, 11) is 0. The van der Waals surface area contributed by atoms with Crippen LogP contribution in [0, 0.1) is 34.5 Å². The molecule has 1 unspecified atom stereocenters. The number of halogens is 1. The molecule has 6 aliphatic heterocycles. The predicted molar refractivity (Wildman–Crippen MR) is 217 cm³/mol. The number of nitrogens with one attached hydrogen (secondary N) is 1. The first-order valence-electron chi connectivity index (χ1n) is 20.3. The molecular formula is C45H44ClN7O5. The molecule has 5 saturated heterocycles. The number of carbonyl (C=O) groups excluding carboxylic acids is 5. The Hall–Kier alpha value is -5.69. The number of piperidine rings is 3. The summed E-state index contributed by atoms with van der Waals surface area (Å²) >= 11 is 6.31. The van der Waals surface area contributed by atoms with Crippen molar-refractivity contribution in [1.29, 1.82) is 5.26 Å². The summed E-state index contributed by atoms with van der Waals surface area (Å²) in [5.41, 5.74) is 4.80. The van der Waals surface area contributed by atoms with Gasteiger partial charge in [0.25, 0.3) is 17.7 Å². The molecule has 3 aromatic rings. The largest absolute Gasteiger partial charge is 0.371 e. The zero-order valence-corrected chi connectivity index (χ0v) is 33.0. The number of hydrogen-bond donors (Lipinski definition) is 1. The van der Waals surface area contributed by atoms with E-state index in [-0.39, 0.29) is 24.2 Å². The van der Waals surface area contributed by atoms with Gasteiger partial charge in [0.15, 0.2) is 0 Å². The maximum atomic E-state index is 13.5. The summed E-state index contributed by atoms with van der Waals surface area (Å²) in [6.07, 6.45) is 5.22. The highest BCUT2D eigenvalue weighted by atomic mass is 35.5. The lowest BCUT2D eigenvalue weighted by Crippen LogP contribution is -2.61. The summed E-state index contributed by atoms with van der Waals surface area (Å²) < 4.78 is 0. The number of rotatable bonds is 5. The van der Waals surface area contributed by atoms with Gasteiger partial charge in [-0.3, -0.25) is 39.1 Å². The van der Waals surface area contributed by atoms with Crippen LogP contribution in [0.5, 0.6) is 0 Å². The van der Waals surface area contributed by atoms with E-state index in [1.807, 2.05) is 47.4 Å². The molecular weight excluding hydrogens is 754 g/mol. The summed E-state index contributed by atoms with van der Waals surface area (Å²) in [6.45, 7) is 6.93. The van der Waals surface area contributed by atoms with Crippen LogP contribution in [-0.4, -0.2) is 109 Å². The zero-order valence-electron chi connectivity index (χ0n) is 32.2. The molecule has 6 aliphatic rings. The fraction of sp³-hybridized carbons (Fsp3) is 0.422. The monoisotopic (exact) mass is 797 g/mol.